The van der Waals surface area contributed by atoms with Crippen LogP contribution in [0.25, 0.3) is 0 Å². The quantitative estimate of drug-likeness (QED) is 0.905. The Labute approximate surface area is 122 Å². The van der Waals surface area contributed by atoms with Gasteiger partial charge in [-0.2, -0.15) is 5.26 Å². The van der Waals surface area contributed by atoms with Gasteiger partial charge in [-0.3, -0.25) is 0 Å². The molecule has 0 aliphatic heterocycles. The molecule has 1 atom stereocenters. The molecule has 0 saturated carbocycles. The molecule has 2 nitrogen and oxygen atoms in total. The molecule has 102 valence electrons. The van der Waals surface area contributed by atoms with Crippen molar-refractivity contribution in [2.75, 3.05) is 5.32 Å². The van der Waals surface area contributed by atoms with Crippen LogP contribution >= 0.6 is 11.6 Å². The molecule has 0 bridgehead atoms. The molecule has 0 aliphatic rings. The summed E-state index contributed by atoms with van der Waals surface area (Å²) in [6, 6.07) is 14.0. The van der Waals surface area contributed by atoms with Crippen molar-refractivity contribution >= 4 is 17.3 Å². The summed E-state index contributed by atoms with van der Waals surface area (Å²) in [5.41, 5.74) is 1.85. The van der Waals surface area contributed by atoms with Gasteiger partial charge in [0, 0.05) is 11.1 Å². The summed E-state index contributed by atoms with van der Waals surface area (Å²) < 4.78 is 13.8. The van der Waals surface area contributed by atoms with Crippen LogP contribution in [0.5, 0.6) is 0 Å². The number of hydrogen-bond donors (Lipinski definition) is 1. The van der Waals surface area contributed by atoms with E-state index in [0.717, 1.165) is 12.0 Å². The Balaban J connectivity index is 2.03. The summed E-state index contributed by atoms with van der Waals surface area (Å²) in [6.07, 6.45) is 0.761. The second kappa shape index (κ2) is 6.40. The summed E-state index contributed by atoms with van der Waals surface area (Å²) in [4.78, 5) is 0. The highest BCUT2D eigenvalue weighted by molar-refractivity contribution is 6.30. The lowest BCUT2D eigenvalue weighted by Crippen LogP contribution is -2.18. The molecular weight excluding hydrogens is 275 g/mol. The van der Waals surface area contributed by atoms with Gasteiger partial charge >= 0.3 is 0 Å². The molecule has 1 unspecified atom stereocenters. The van der Waals surface area contributed by atoms with E-state index in [1.165, 1.54) is 6.07 Å². The fourth-order valence-electron chi connectivity index (χ4n) is 1.99. The van der Waals surface area contributed by atoms with Crippen molar-refractivity contribution in [2.24, 2.45) is 0 Å². The number of rotatable bonds is 4. The number of nitrogens with zero attached hydrogens (tertiary/aromatic N) is 1. The third-order valence-electron chi connectivity index (χ3n) is 2.96. The van der Waals surface area contributed by atoms with Crippen LogP contribution in [0.1, 0.15) is 18.1 Å². The Hall–Kier alpha value is -2.05. The first-order chi connectivity index (χ1) is 9.58. The van der Waals surface area contributed by atoms with Crippen molar-refractivity contribution < 1.29 is 4.39 Å². The molecule has 0 fully saturated rings. The minimum atomic E-state index is -0.410. The molecule has 0 amide bonds. The van der Waals surface area contributed by atoms with Gasteiger partial charge in [-0.1, -0.05) is 23.7 Å². The lowest BCUT2D eigenvalue weighted by molar-refractivity contribution is 0.625. The van der Waals surface area contributed by atoms with Gasteiger partial charge < -0.3 is 5.32 Å². The van der Waals surface area contributed by atoms with E-state index < -0.39 is 5.82 Å². The zero-order valence-corrected chi connectivity index (χ0v) is 11.8. The zero-order chi connectivity index (χ0) is 14.5. The van der Waals surface area contributed by atoms with E-state index in [-0.39, 0.29) is 6.04 Å². The summed E-state index contributed by atoms with van der Waals surface area (Å²) in [5.74, 6) is -0.410. The highest BCUT2D eigenvalue weighted by Gasteiger charge is 2.08. The molecule has 2 aromatic rings. The highest BCUT2D eigenvalue weighted by atomic mass is 35.5. The fourth-order valence-corrected chi connectivity index (χ4v) is 2.12. The minimum absolute atomic E-state index is 0.0682. The van der Waals surface area contributed by atoms with Crippen LogP contribution in [-0.4, -0.2) is 6.04 Å². The molecule has 4 heteroatoms. The number of anilines is 1. The number of hydrogen-bond acceptors (Lipinski definition) is 2. The average molecular weight is 289 g/mol. The van der Waals surface area contributed by atoms with Gasteiger partial charge in [-0.25, -0.2) is 4.39 Å². The first-order valence-corrected chi connectivity index (χ1v) is 6.67. The number of nitrogens with one attached hydrogen (secondary N) is 1. The lowest BCUT2D eigenvalue weighted by atomic mass is 10.1. The van der Waals surface area contributed by atoms with Crippen molar-refractivity contribution in [1.82, 2.24) is 0 Å². The average Bonchev–Trinajstić information content (AvgIpc) is 2.43. The molecule has 0 radical (unpaired) electrons. The SMILES string of the molecule is CC(Cc1ccc(Cl)cc1)Nc1ccc(C#N)cc1F. The first-order valence-electron chi connectivity index (χ1n) is 6.29. The van der Waals surface area contributed by atoms with E-state index >= 15 is 0 Å². The van der Waals surface area contributed by atoms with E-state index in [9.17, 15) is 4.39 Å². The van der Waals surface area contributed by atoms with Crippen molar-refractivity contribution in [2.45, 2.75) is 19.4 Å². The number of benzene rings is 2. The molecular formula is C16H14ClFN2. The summed E-state index contributed by atoms with van der Waals surface area (Å²) >= 11 is 5.84. The van der Waals surface area contributed by atoms with Crippen molar-refractivity contribution in [3.8, 4) is 6.07 Å². The highest BCUT2D eigenvalue weighted by Crippen LogP contribution is 2.18. The maximum atomic E-state index is 13.8. The van der Waals surface area contributed by atoms with Crippen LogP contribution in [0.2, 0.25) is 5.02 Å². The normalized spacial score (nSPS) is 11.7. The van der Waals surface area contributed by atoms with Gasteiger partial charge in [0.25, 0.3) is 0 Å². The topological polar surface area (TPSA) is 35.8 Å². The Kier molecular flexibility index (Phi) is 4.60. The molecule has 0 aliphatic carbocycles. The largest absolute Gasteiger partial charge is 0.380 e. The van der Waals surface area contributed by atoms with Crippen LogP contribution in [0, 0.1) is 17.1 Å². The third kappa shape index (κ3) is 3.72. The monoisotopic (exact) mass is 288 g/mol. The molecule has 0 aromatic heterocycles. The predicted octanol–water partition coefficient (Wildman–Crippen LogP) is 4.39. The standard InChI is InChI=1S/C16H14ClFN2/c1-11(8-12-2-5-14(17)6-3-12)20-16-7-4-13(10-19)9-15(16)18/h2-7,9,11,20H,8H2,1H3. The van der Waals surface area contributed by atoms with E-state index in [0.29, 0.717) is 16.3 Å². The van der Waals surface area contributed by atoms with Gasteiger partial charge in [-0.05, 0) is 49.2 Å². The first kappa shape index (κ1) is 14.4. The van der Waals surface area contributed by atoms with Crippen LogP contribution in [0.4, 0.5) is 10.1 Å². The van der Waals surface area contributed by atoms with Gasteiger partial charge in [0.2, 0.25) is 0 Å². The van der Waals surface area contributed by atoms with E-state index in [1.807, 2.05) is 37.3 Å². The van der Waals surface area contributed by atoms with Crippen LogP contribution < -0.4 is 5.32 Å². The third-order valence-corrected chi connectivity index (χ3v) is 3.21. The lowest BCUT2D eigenvalue weighted by Gasteiger charge is -2.16. The number of nitriles is 1. The molecule has 2 aromatic carbocycles. The number of halogens is 2. The Morgan fingerprint density at radius 1 is 1.25 bits per heavy atom. The molecule has 2 rings (SSSR count). The van der Waals surface area contributed by atoms with Crippen molar-refractivity contribution in [1.29, 1.82) is 5.26 Å². The smallest absolute Gasteiger partial charge is 0.147 e. The van der Waals surface area contributed by atoms with Gasteiger partial charge in [0.15, 0.2) is 0 Å². The van der Waals surface area contributed by atoms with Crippen LogP contribution in [-0.2, 0) is 6.42 Å². The molecule has 20 heavy (non-hydrogen) atoms. The van der Waals surface area contributed by atoms with Gasteiger partial charge in [0.05, 0.1) is 17.3 Å². The molecule has 0 heterocycles. The second-order valence-electron chi connectivity index (χ2n) is 4.68. The molecule has 0 saturated heterocycles. The van der Waals surface area contributed by atoms with Crippen LogP contribution in [0.3, 0.4) is 0 Å². The zero-order valence-electron chi connectivity index (χ0n) is 11.0. The van der Waals surface area contributed by atoms with Crippen LogP contribution in [0.15, 0.2) is 42.5 Å². The van der Waals surface area contributed by atoms with E-state index in [1.54, 1.807) is 12.1 Å². The molecule has 0 spiro atoms. The summed E-state index contributed by atoms with van der Waals surface area (Å²) in [5, 5.41) is 12.5. The summed E-state index contributed by atoms with van der Waals surface area (Å²) in [7, 11) is 0. The van der Waals surface area contributed by atoms with Gasteiger partial charge in [-0.15, -0.1) is 0 Å². The maximum absolute atomic E-state index is 13.8. The van der Waals surface area contributed by atoms with E-state index in [2.05, 4.69) is 5.32 Å². The second-order valence-corrected chi connectivity index (χ2v) is 5.12. The Morgan fingerprint density at radius 3 is 2.55 bits per heavy atom. The van der Waals surface area contributed by atoms with Gasteiger partial charge in [0.1, 0.15) is 5.82 Å². The predicted molar refractivity (Wildman–Crippen MR) is 79.4 cm³/mol. The molecule has 1 N–H and O–H groups in total. The Bertz CT molecular complexity index is 632. The summed E-state index contributed by atoms with van der Waals surface area (Å²) in [6.45, 7) is 1.98. The van der Waals surface area contributed by atoms with Crippen molar-refractivity contribution in [3.63, 3.8) is 0 Å². The van der Waals surface area contributed by atoms with E-state index in [4.69, 9.17) is 16.9 Å². The minimum Gasteiger partial charge on any atom is -0.380 e. The van der Waals surface area contributed by atoms with Crippen molar-refractivity contribution in [3.05, 3.63) is 64.4 Å². The maximum Gasteiger partial charge on any atom is 0.147 e. The Morgan fingerprint density at radius 2 is 1.95 bits per heavy atom. The fraction of sp³-hybridized carbons (Fsp3) is 0.188.